The SMILES string of the molecule is COC(=O)C1=C(c2cccc(Br)c2)C=CN(C)C1. The summed E-state index contributed by atoms with van der Waals surface area (Å²) in [5, 5.41) is 0. The van der Waals surface area contributed by atoms with E-state index in [1.54, 1.807) is 0 Å². The molecule has 0 radical (unpaired) electrons. The Morgan fingerprint density at radius 2 is 2.22 bits per heavy atom. The molecule has 3 nitrogen and oxygen atoms in total. The zero-order chi connectivity index (χ0) is 13.1. The number of carbonyl (C=O) groups is 1. The first-order valence-electron chi connectivity index (χ1n) is 5.57. The molecule has 1 aliphatic heterocycles. The molecule has 0 bridgehead atoms. The van der Waals surface area contributed by atoms with E-state index in [2.05, 4.69) is 15.9 Å². The first-order chi connectivity index (χ1) is 8.61. The van der Waals surface area contributed by atoms with Gasteiger partial charge in [0, 0.05) is 18.1 Å². The monoisotopic (exact) mass is 307 g/mol. The third-order valence-electron chi connectivity index (χ3n) is 2.80. The summed E-state index contributed by atoms with van der Waals surface area (Å²) >= 11 is 3.44. The lowest BCUT2D eigenvalue weighted by Gasteiger charge is -2.22. The highest BCUT2D eigenvalue weighted by molar-refractivity contribution is 9.10. The molecule has 2 rings (SSSR count). The maximum Gasteiger partial charge on any atom is 0.336 e. The number of ether oxygens (including phenoxy) is 1. The van der Waals surface area contributed by atoms with Gasteiger partial charge in [-0.2, -0.15) is 0 Å². The molecule has 1 aromatic carbocycles. The molecule has 0 saturated heterocycles. The Labute approximate surface area is 115 Å². The predicted octanol–water partition coefficient (Wildman–Crippen LogP) is 2.83. The van der Waals surface area contributed by atoms with Gasteiger partial charge in [-0.15, -0.1) is 0 Å². The van der Waals surface area contributed by atoms with Crippen molar-refractivity contribution >= 4 is 27.5 Å². The van der Waals surface area contributed by atoms with Crippen LogP contribution in [0, 0.1) is 0 Å². The Balaban J connectivity index is 2.50. The number of allylic oxidation sites excluding steroid dienone is 2. The fourth-order valence-electron chi connectivity index (χ4n) is 1.91. The van der Waals surface area contributed by atoms with Crippen LogP contribution in [-0.2, 0) is 9.53 Å². The molecule has 1 aliphatic rings. The molecule has 0 amide bonds. The zero-order valence-corrected chi connectivity index (χ0v) is 11.9. The van der Waals surface area contributed by atoms with Crippen LogP contribution in [0.5, 0.6) is 0 Å². The van der Waals surface area contributed by atoms with Crippen molar-refractivity contribution in [1.29, 1.82) is 0 Å². The van der Waals surface area contributed by atoms with Crippen molar-refractivity contribution in [2.75, 3.05) is 20.7 Å². The van der Waals surface area contributed by atoms with E-state index in [4.69, 9.17) is 4.74 Å². The Morgan fingerprint density at radius 1 is 1.44 bits per heavy atom. The topological polar surface area (TPSA) is 29.5 Å². The second kappa shape index (κ2) is 5.40. The lowest BCUT2D eigenvalue weighted by atomic mass is 9.97. The molecular weight excluding hydrogens is 294 g/mol. The number of methoxy groups -OCH3 is 1. The summed E-state index contributed by atoms with van der Waals surface area (Å²) in [5.74, 6) is -0.277. The molecule has 0 saturated carbocycles. The molecule has 0 N–H and O–H groups in total. The fraction of sp³-hybridized carbons (Fsp3) is 0.214. The third-order valence-corrected chi connectivity index (χ3v) is 3.29. The van der Waals surface area contributed by atoms with Crippen molar-refractivity contribution in [1.82, 2.24) is 4.90 Å². The number of benzene rings is 1. The van der Waals surface area contributed by atoms with E-state index in [1.807, 2.05) is 48.5 Å². The molecule has 0 aromatic heterocycles. The zero-order valence-electron chi connectivity index (χ0n) is 10.3. The summed E-state index contributed by atoms with van der Waals surface area (Å²) in [6.45, 7) is 0.561. The first kappa shape index (κ1) is 12.9. The first-order valence-corrected chi connectivity index (χ1v) is 6.37. The summed E-state index contributed by atoms with van der Waals surface area (Å²) in [6.07, 6.45) is 3.90. The van der Waals surface area contributed by atoms with Crippen molar-refractivity contribution < 1.29 is 9.53 Å². The minimum Gasteiger partial charge on any atom is -0.466 e. The molecule has 18 heavy (non-hydrogen) atoms. The van der Waals surface area contributed by atoms with Gasteiger partial charge in [0.05, 0.1) is 12.7 Å². The van der Waals surface area contributed by atoms with Crippen LogP contribution >= 0.6 is 15.9 Å². The standard InChI is InChI=1S/C14H14BrNO2/c1-16-7-6-12(13(9-16)14(17)18-2)10-4-3-5-11(15)8-10/h3-8H,9H2,1-2H3. The summed E-state index contributed by atoms with van der Waals surface area (Å²) < 4.78 is 5.84. The van der Waals surface area contributed by atoms with Gasteiger partial charge in [0.2, 0.25) is 0 Å². The van der Waals surface area contributed by atoms with Crippen LogP contribution in [0.4, 0.5) is 0 Å². The molecule has 1 heterocycles. The minimum absolute atomic E-state index is 0.277. The number of likely N-dealkylation sites (N-methyl/N-ethyl adjacent to an activating group) is 1. The number of carbonyl (C=O) groups excluding carboxylic acids is 1. The van der Waals surface area contributed by atoms with Gasteiger partial charge in [0.1, 0.15) is 0 Å². The Kier molecular flexibility index (Phi) is 3.87. The van der Waals surface area contributed by atoms with Crippen LogP contribution in [0.25, 0.3) is 5.57 Å². The van der Waals surface area contributed by atoms with E-state index in [9.17, 15) is 4.79 Å². The van der Waals surface area contributed by atoms with Crippen LogP contribution in [-0.4, -0.2) is 31.6 Å². The van der Waals surface area contributed by atoms with E-state index in [1.165, 1.54) is 7.11 Å². The van der Waals surface area contributed by atoms with Crippen molar-refractivity contribution in [3.63, 3.8) is 0 Å². The van der Waals surface area contributed by atoms with Crippen LogP contribution < -0.4 is 0 Å². The van der Waals surface area contributed by atoms with E-state index < -0.39 is 0 Å². The summed E-state index contributed by atoms with van der Waals surface area (Å²) in [4.78, 5) is 13.8. The molecule has 0 atom stereocenters. The number of nitrogens with zero attached hydrogens (tertiary/aromatic N) is 1. The molecule has 94 valence electrons. The number of hydrogen-bond acceptors (Lipinski definition) is 3. The smallest absolute Gasteiger partial charge is 0.336 e. The van der Waals surface area contributed by atoms with Gasteiger partial charge in [-0.3, -0.25) is 0 Å². The Morgan fingerprint density at radius 3 is 2.89 bits per heavy atom. The van der Waals surface area contributed by atoms with Crippen molar-refractivity contribution in [2.45, 2.75) is 0 Å². The number of halogens is 1. The van der Waals surface area contributed by atoms with Crippen molar-refractivity contribution in [3.8, 4) is 0 Å². The van der Waals surface area contributed by atoms with Crippen molar-refractivity contribution in [3.05, 3.63) is 52.2 Å². The van der Waals surface area contributed by atoms with Crippen LogP contribution in [0.3, 0.4) is 0 Å². The highest BCUT2D eigenvalue weighted by Crippen LogP contribution is 2.27. The summed E-state index contributed by atoms with van der Waals surface area (Å²) in [7, 11) is 3.34. The van der Waals surface area contributed by atoms with Gasteiger partial charge in [-0.1, -0.05) is 28.1 Å². The summed E-state index contributed by atoms with van der Waals surface area (Å²) in [6, 6.07) is 7.89. The van der Waals surface area contributed by atoms with Crippen LogP contribution in [0.1, 0.15) is 5.56 Å². The average molecular weight is 308 g/mol. The second-order valence-corrected chi connectivity index (χ2v) is 5.04. The Bertz CT molecular complexity index is 534. The number of hydrogen-bond donors (Lipinski definition) is 0. The number of esters is 1. The quantitative estimate of drug-likeness (QED) is 0.787. The van der Waals surface area contributed by atoms with Crippen LogP contribution in [0.2, 0.25) is 0 Å². The third kappa shape index (κ3) is 2.64. The van der Waals surface area contributed by atoms with Gasteiger partial charge in [0.25, 0.3) is 0 Å². The van der Waals surface area contributed by atoms with Crippen molar-refractivity contribution in [2.24, 2.45) is 0 Å². The highest BCUT2D eigenvalue weighted by Gasteiger charge is 2.20. The molecule has 0 fully saturated rings. The number of rotatable bonds is 2. The maximum atomic E-state index is 11.8. The van der Waals surface area contributed by atoms with Gasteiger partial charge < -0.3 is 9.64 Å². The Hall–Kier alpha value is -1.55. The van der Waals surface area contributed by atoms with E-state index in [-0.39, 0.29) is 5.97 Å². The molecule has 0 aliphatic carbocycles. The van der Waals surface area contributed by atoms with Gasteiger partial charge in [-0.05, 0) is 35.5 Å². The van der Waals surface area contributed by atoms with E-state index >= 15 is 0 Å². The predicted molar refractivity (Wildman–Crippen MR) is 74.8 cm³/mol. The largest absolute Gasteiger partial charge is 0.466 e. The lowest BCUT2D eigenvalue weighted by molar-refractivity contribution is -0.136. The molecule has 1 aromatic rings. The fourth-order valence-corrected chi connectivity index (χ4v) is 2.31. The van der Waals surface area contributed by atoms with E-state index in [0.29, 0.717) is 12.1 Å². The van der Waals surface area contributed by atoms with Gasteiger partial charge >= 0.3 is 5.97 Å². The van der Waals surface area contributed by atoms with Gasteiger partial charge in [-0.25, -0.2) is 4.79 Å². The average Bonchev–Trinajstić information content (AvgIpc) is 2.37. The second-order valence-electron chi connectivity index (χ2n) is 4.13. The molecule has 0 unspecified atom stereocenters. The highest BCUT2D eigenvalue weighted by atomic mass is 79.9. The maximum absolute atomic E-state index is 11.8. The normalized spacial score (nSPS) is 14.9. The molecule has 4 heteroatoms. The minimum atomic E-state index is -0.277. The molecular formula is C14H14BrNO2. The van der Waals surface area contributed by atoms with Gasteiger partial charge in [0.15, 0.2) is 0 Å². The summed E-state index contributed by atoms with van der Waals surface area (Å²) in [5.41, 5.74) is 2.61. The van der Waals surface area contributed by atoms with E-state index in [0.717, 1.165) is 15.6 Å². The lowest BCUT2D eigenvalue weighted by Crippen LogP contribution is -2.24. The molecule has 0 spiro atoms. The van der Waals surface area contributed by atoms with Crippen LogP contribution in [0.15, 0.2) is 46.6 Å².